The van der Waals surface area contributed by atoms with Gasteiger partial charge in [0, 0.05) is 6.21 Å². The fourth-order valence-electron chi connectivity index (χ4n) is 2.39. The number of nitrogens with zero attached hydrogens (tertiary/aromatic N) is 1. The highest BCUT2D eigenvalue weighted by atomic mass is 14.9. The summed E-state index contributed by atoms with van der Waals surface area (Å²) in [4.78, 5) is 4.70. The van der Waals surface area contributed by atoms with E-state index < -0.39 is 0 Å². The number of allylic oxidation sites excluding steroid dienone is 1. The van der Waals surface area contributed by atoms with Crippen LogP contribution in [-0.4, -0.2) is 6.21 Å². The SMILES string of the molecule is Cc1ccc(C2(c3ccccc3)C=CC=N2)cc1. The first-order valence-electron chi connectivity index (χ1n) is 6.17. The summed E-state index contributed by atoms with van der Waals surface area (Å²) < 4.78 is 0. The zero-order chi connectivity index (χ0) is 12.4. The smallest absolute Gasteiger partial charge is 0.129 e. The van der Waals surface area contributed by atoms with E-state index in [0.717, 1.165) is 0 Å². The molecule has 0 N–H and O–H groups in total. The number of aliphatic imine (C=N–C) groups is 1. The molecule has 0 saturated heterocycles. The lowest BCUT2D eigenvalue weighted by Crippen LogP contribution is -2.20. The lowest BCUT2D eigenvalue weighted by Gasteiger charge is -2.25. The summed E-state index contributed by atoms with van der Waals surface area (Å²) in [5.74, 6) is 0. The van der Waals surface area contributed by atoms with Crippen LogP contribution in [0.25, 0.3) is 0 Å². The Labute approximate surface area is 108 Å². The Bertz CT molecular complexity index is 579. The third-order valence-corrected chi connectivity index (χ3v) is 3.41. The van der Waals surface area contributed by atoms with Crippen LogP contribution in [0.5, 0.6) is 0 Å². The van der Waals surface area contributed by atoms with Crippen LogP contribution < -0.4 is 0 Å². The molecule has 0 bridgehead atoms. The van der Waals surface area contributed by atoms with Gasteiger partial charge in [-0.25, -0.2) is 0 Å². The Morgan fingerprint density at radius 2 is 1.50 bits per heavy atom. The molecule has 1 aliphatic rings. The second kappa shape index (κ2) is 4.26. The minimum atomic E-state index is -0.338. The van der Waals surface area contributed by atoms with Gasteiger partial charge in [-0.05, 0) is 30.2 Å². The Morgan fingerprint density at radius 1 is 0.833 bits per heavy atom. The van der Waals surface area contributed by atoms with E-state index in [1.165, 1.54) is 16.7 Å². The number of hydrogen-bond donors (Lipinski definition) is 0. The van der Waals surface area contributed by atoms with Crippen LogP contribution in [0.1, 0.15) is 16.7 Å². The van der Waals surface area contributed by atoms with Gasteiger partial charge < -0.3 is 0 Å². The molecule has 18 heavy (non-hydrogen) atoms. The van der Waals surface area contributed by atoms with Gasteiger partial charge in [-0.1, -0.05) is 60.2 Å². The largest absolute Gasteiger partial charge is 0.273 e. The molecule has 88 valence electrons. The zero-order valence-electron chi connectivity index (χ0n) is 10.4. The highest BCUT2D eigenvalue weighted by molar-refractivity contribution is 5.77. The molecule has 0 amide bonds. The van der Waals surface area contributed by atoms with Gasteiger partial charge in [0.05, 0.1) is 0 Å². The first-order valence-corrected chi connectivity index (χ1v) is 6.17. The van der Waals surface area contributed by atoms with E-state index in [1.807, 2.05) is 18.4 Å². The van der Waals surface area contributed by atoms with Crippen LogP contribution in [0, 0.1) is 6.92 Å². The van der Waals surface area contributed by atoms with E-state index in [1.54, 1.807) is 0 Å². The molecule has 3 rings (SSSR count). The molecule has 0 saturated carbocycles. The number of aryl methyl sites for hydroxylation is 1. The standard InChI is InChI=1S/C17H15N/c1-14-8-10-16(11-9-14)17(12-5-13-18-17)15-6-3-2-4-7-15/h2-13H,1H3. The molecule has 0 aliphatic carbocycles. The van der Waals surface area contributed by atoms with Crippen molar-refractivity contribution in [2.24, 2.45) is 4.99 Å². The molecule has 0 fully saturated rings. The van der Waals surface area contributed by atoms with Gasteiger partial charge in [-0.15, -0.1) is 0 Å². The Hall–Kier alpha value is -2.15. The van der Waals surface area contributed by atoms with Crippen LogP contribution in [0.15, 0.2) is 71.7 Å². The molecular formula is C17H15N. The normalized spacial score (nSPS) is 21.4. The van der Waals surface area contributed by atoms with Gasteiger partial charge >= 0.3 is 0 Å². The molecule has 2 aromatic carbocycles. The molecule has 1 aliphatic heterocycles. The Morgan fingerprint density at radius 3 is 2.11 bits per heavy atom. The highest BCUT2D eigenvalue weighted by Crippen LogP contribution is 2.37. The number of hydrogen-bond acceptors (Lipinski definition) is 1. The van der Waals surface area contributed by atoms with Gasteiger partial charge in [-0.3, -0.25) is 4.99 Å². The van der Waals surface area contributed by atoms with Gasteiger partial charge in [0.1, 0.15) is 5.54 Å². The topological polar surface area (TPSA) is 12.4 Å². The molecule has 1 nitrogen and oxygen atoms in total. The molecule has 1 unspecified atom stereocenters. The maximum atomic E-state index is 4.70. The maximum absolute atomic E-state index is 4.70. The fourth-order valence-corrected chi connectivity index (χ4v) is 2.39. The molecule has 0 spiro atoms. The summed E-state index contributed by atoms with van der Waals surface area (Å²) >= 11 is 0. The monoisotopic (exact) mass is 233 g/mol. The van der Waals surface area contributed by atoms with Gasteiger partial charge in [0.15, 0.2) is 0 Å². The first kappa shape index (κ1) is 11.0. The van der Waals surface area contributed by atoms with Crippen LogP contribution in [-0.2, 0) is 5.54 Å². The Balaban J connectivity index is 2.17. The van der Waals surface area contributed by atoms with Crippen molar-refractivity contribution in [1.82, 2.24) is 0 Å². The molecule has 0 radical (unpaired) electrons. The number of benzene rings is 2. The lowest BCUT2D eigenvalue weighted by atomic mass is 9.84. The van der Waals surface area contributed by atoms with Crippen LogP contribution >= 0.6 is 0 Å². The maximum Gasteiger partial charge on any atom is 0.129 e. The fraction of sp³-hybridized carbons (Fsp3) is 0.118. The van der Waals surface area contributed by atoms with E-state index in [2.05, 4.69) is 61.5 Å². The third-order valence-electron chi connectivity index (χ3n) is 3.41. The van der Waals surface area contributed by atoms with Gasteiger partial charge in [-0.2, -0.15) is 0 Å². The van der Waals surface area contributed by atoms with E-state index in [9.17, 15) is 0 Å². The van der Waals surface area contributed by atoms with E-state index in [-0.39, 0.29) is 5.54 Å². The quantitative estimate of drug-likeness (QED) is 0.746. The number of rotatable bonds is 2. The van der Waals surface area contributed by atoms with Crippen molar-refractivity contribution in [3.05, 3.63) is 83.4 Å². The zero-order valence-corrected chi connectivity index (χ0v) is 10.4. The molecule has 1 heteroatoms. The molecular weight excluding hydrogens is 218 g/mol. The minimum absolute atomic E-state index is 0.338. The van der Waals surface area contributed by atoms with Crippen molar-refractivity contribution in [1.29, 1.82) is 0 Å². The second-order valence-electron chi connectivity index (χ2n) is 4.64. The summed E-state index contributed by atoms with van der Waals surface area (Å²) in [5.41, 5.74) is 3.35. The van der Waals surface area contributed by atoms with Crippen molar-refractivity contribution in [3.63, 3.8) is 0 Å². The van der Waals surface area contributed by atoms with Crippen LogP contribution in [0.3, 0.4) is 0 Å². The van der Waals surface area contributed by atoms with Crippen molar-refractivity contribution < 1.29 is 0 Å². The summed E-state index contributed by atoms with van der Waals surface area (Å²) in [6.07, 6.45) is 6.06. The molecule has 2 aromatic rings. The predicted molar refractivity (Wildman–Crippen MR) is 76.0 cm³/mol. The molecule has 0 aromatic heterocycles. The Kier molecular flexibility index (Phi) is 2.60. The van der Waals surface area contributed by atoms with Gasteiger partial charge in [0.2, 0.25) is 0 Å². The average Bonchev–Trinajstić information content (AvgIpc) is 2.91. The average molecular weight is 233 g/mol. The van der Waals surface area contributed by atoms with Crippen molar-refractivity contribution in [3.8, 4) is 0 Å². The summed E-state index contributed by atoms with van der Waals surface area (Å²) in [6.45, 7) is 2.10. The first-order chi connectivity index (χ1) is 8.81. The van der Waals surface area contributed by atoms with Gasteiger partial charge in [0.25, 0.3) is 0 Å². The third kappa shape index (κ3) is 1.68. The molecule has 1 atom stereocenters. The van der Waals surface area contributed by atoms with Crippen molar-refractivity contribution in [2.75, 3.05) is 0 Å². The minimum Gasteiger partial charge on any atom is -0.273 e. The second-order valence-corrected chi connectivity index (χ2v) is 4.64. The van der Waals surface area contributed by atoms with Crippen LogP contribution in [0.4, 0.5) is 0 Å². The van der Waals surface area contributed by atoms with Crippen molar-refractivity contribution in [2.45, 2.75) is 12.5 Å². The van der Waals surface area contributed by atoms with Crippen molar-refractivity contribution >= 4 is 6.21 Å². The van der Waals surface area contributed by atoms with Crippen LogP contribution in [0.2, 0.25) is 0 Å². The summed E-state index contributed by atoms with van der Waals surface area (Å²) in [7, 11) is 0. The highest BCUT2D eigenvalue weighted by Gasteiger charge is 2.31. The predicted octanol–water partition coefficient (Wildman–Crippen LogP) is 3.88. The van der Waals surface area contributed by atoms with E-state index in [0.29, 0.717) is 0 Å². The van der Waals surface area contributed by atoms with E-state index >= 15 is 0 Å². The summed E-state index contributed by atoms with van der Waals surface area (Å²) in [6, 6.07) is 19.0. The van der Waals surface area contributed by atoms with E-state index in [4.69, 9.17) is 4.99 Å². The lowest BCUT2D eigenvalue weighted by molar-refractivity contribution is 0.700. The summed E-state index contributed by atoms with van der Waals surface area (Å²) in [5, 5.41) is 0. The molecule has 1 heterocycles.